The van der Waals surface area contributed by atoms with Crippen LogP contribution in [0.2, 0.25) is 5.02 Å². The quantitative estimate of drug-likeness (QED) is 0.434. The number of carbonyl (C=O) groups excluding carboxylic acids is 1. The highest BCUT2D eigenvalue weighted by atomic mass is 35.5. The third-order valence-electron chi connectivity index (χ3n) is 7.90. The van der Waals surface area contributed by atoms with Gasteiger partial charge in [0.15, 0.2) is 0 Å². The summed E-state index contributed by atoms with van der Waals surface area (Å²) >= 11 is 6.46. The number of carboxylic acid groups (broad SMARTS) is 1. The average Bonchev–Trinajstić information content (AvgIpc) is 3.21. The van der Waals surface area contributed by atoms with Gasteiger partial charge in [0.1, 0.15) is 5.60 Å². The van der Waals surface area contributed by atoms with Gasteiger partial charge in [-0.3, -0.25) is 9.80 Å². The Bertz CT molecular complexity index is 1350. The summed E-state index contributed by atoms with van der Waals surface area (Å²) in [4.78, 5) is 27.4. The molecule has 206 valence electrons. The molecule has 1 atom stereocenters. The SMILES string of the molecule is CC1=C(C(F)(F)F)C=C(CN2CCC3(CC2)CN(c2ccc(C(=O)O)cc2)C(=O)O3)C(c2ccccc2Cl)C1. The first-order chi connectivity index (χ1) is 18.5. The monoisotopic (exact) mass is 560 g/mol. The van der Waals surface area contributed by atoms with Gasteiger partial charge >= 0.3 is 18.2 Å². The molecule has 1 aliphatic carbocycles. The highest BCUT2D eigenvalue weighted by molar-refractivity contribution is 6.31. The van der Waals surface area contributed by atoms with Crippen molar-refractivity contribution in [1.29, 1.82) is 0 Å². The van der Waals surface area contributed by atoms with Crippen molar-refractivity contribution in [2.75, 3.05) is 31.1 Å². The number of carbonyl (C=O) groups is 2. The maximum absolute atomic E-state index is 13.8. The van der Waals surface area contributed by atoms with E-state index in [2.05, 4.69) is 4.90 Å². The number of aromatic carboxylic acids is 1. The molecular weight excluding hydrogens is 533 g/mol. The number of alkyl halides is 3. The summed E-state index contributed by atoms with van der Waals surface area (Å²) < 4.78 is 47.2. The molecule has 2 heterocycles. The molecule has 1 amide bonds. The third-order valence-corrected chi connectivity index (χ3v) is 8.25. The first-order valence-electron chi connectivity index (χ1n) is 12.7. The Labute approximate surface area is 229 Å². The standard InChI is InChI=1S/C29H28ClF3N2O4/c1-18-14-23(22-4-2-3-5-25(22)30)20(15-24(18)29(31,32)33)16-34-12-10-28(11-13-34)17-35(27(38)39-28)21-8-6-19(7-9-21)26(36)37/h2-9,15,23H,10-14,16-17H2,1H3,(H,36,37). The van der Waals surface area contributed by atoms with Crippen LogP contribution in [-0.2, 0) is 4.74 Å². The van der Waals surface area contributed by atoms with Crippen molar-refractivity contribution >= 4 is 29.4 Å². The first kappa shape index (κ1) is 27.3. The number of nitrogens with zero attached hydrogens (tertiary/aromatic N) is 2. The fourth-order valence-electron chi connectivity index (χ4n) is 5.75. The predicted molar refractivity (Wildman–Crippen MR) is 141 cm³/mol. The van der Waals surface area contributed by atoms with E-state index in [0.717, 1.165) is 5.56 Å². The molecule has 2 aromatic rings. The van der Waals surface area contributed by atoms with Crippen LogP contribution < -0.4 is 4.90 Å². The van der Waals surface area contributed by atoms with Crippen molar-refractivity contribution in [2.24, 2.45) is 0 Å². The van der Waals surface area contributed by atoms with Gasteiger partial charge in [-0.2, -0.15) is 13.2 Å². The molecule has 10 heteroatoms. The number of carboxylic acids is 1. The number of piperidine rings is 1. The van der Waals surface area contributed by atoms with Crippen LogP contribution in [0.15, 0.2) is 71.3 Å². The number of hydrogen-bond donors (Lipinski definition) is 1. The zero-order valence-electron chi connectivity index (χ0n) is 21.3. The molecule has 2 fully saturated rings. The lowest BCUT2D eigenvalue weighted by atomic mass is 9.79. The number of allylic oxidation sites excluding steroid dienone is 3. The molecule has 1 spiro atoms. The number of rotatable bonds is 5. The second-order valence-electron chi connectivity index (χ2n) is 10.5. The van der Waals surface area contributed by atoms with Gasteiger partial charge in [0.25, 0.3) is 0 Å². The minimum atomic E-state index is -4.43. The second kappa shape index (κ2) is 10.4. The van der Waals surface area contributed by atoms with Crippen LogP contribution in [0.4, 0.5) is 23.7 Å². The second-order valence-corrected chi connectivity index (χ2v) is 10.9. The van der Waals surface area contributed by atoms with Gasteiger partial charge in [0, 0.05) is 49.1 Å². The molecule has 0 bridgehead atoms. The molecule has 1 unspecified atom stereocenters. The number of amides is 1. The van der Waals surface area contributed by atoms with Crippen LogP contribution >= 0.6 is 11.6 Å². The number of likely N-dealkylation sites (tertiary alicyclic amines) is 1. The molecule has 0 saturated carbocycles. The maximum Gasteiger partial charge on any atom is 0.416 e. The Kier molecular flexibility index (Phi) is 7.24. The molecule has 0 aromatic heterocycles. The zero-order chi connectivity index (χ0) is 27.9. The molecular formula is C29H28ClF3N2O4. The van der Waals surface area contributed by atoms with E-state index in [4.69, 9.17) is 21.4 Å². The molecule has 5 rings (SSSR count). The van der Waals surface area contributed by atoms with E-state index in [9.17, 15) is 22.8 Å². The van der Waals surface area contributed by atoms with E-state index in [-0.39, 0.29) is 17.9 Å². The highest BCUT2D eigenvalue weighted by Gasteiger charge is 2.48. The first-order valence-corrected chi connectivity index (χ1v) is 13.1. The van der Waals surface area contributed by atoms with E-state index in [1.807, 2.05) is 12.1 Å². The molecule has 6 nitrogen and oxygen atoms in total. The smallest absolute Gasteiger partial charge is 0.416 e. The number of benzene rings is 2. The van der Waals surface area contributed by atoms with Gasteiger partial charge in [-0.1, -0.05) is 35.4 Å². The van der Waals surface area contributed by atoms with E-state index in [1.165, 1.54) is 30.0 Å². The lowest BCUT2D eigenvalue weighted by Gasteiger charge is -2.39. The lowest BCUT2D eigenvalue weighted by molar-refractivity contribution is -0.0895. The van der Waals surface area contributed by atoms with Crippen LogP contribution in [0.3, 0.4) is 0 Å². The van der Waals surface area contributed by atoms with Gasteiger partial charge in [-0.15, -0.1) is 0 Å². The van der Waals surface area contributed by atoms with Crippen molar-refractivity contribution in [3.8, 4) is 0 Å². The number of hydrogen-bond acceptors (Lipinski definition) is 4. The third kappa shape index (κ3) is 5.56. The van der Waals surface area contributed by atoms with Crippen LogP contribution in [0, 0.1) is 0 Å². The van der Waals surface area contributed by atoms with Gasteiger partial charge in [-0.25, -0.2) is 9.59 Å². The Morgan fingerprint density at radius 2 is 1.79 bits per heavy atom. The van der Waals surface area contributed by atoms with Gasteiger partial charge < -0.3 is 9.84 Å². The molecule has 2 aromatic carbocycles. The molecule has 1 N–H and O–H groups in total. The van der Waals surface area contributed by atoms with Crippen molar-refractivity contribution in [1.82, 2.24) is 4.90 Å². The Hall–Kier alpha value is -3.30. The predicted octanol–water partition coefficient (Wildman–Crippen LogP) is 6.82. The van der Waals surface area contributed by atoms with Crippen molar-refractivity contribution < 1.29 is 32.6 Å². The molecule has 0 radical (unpaired) electrons. The molecule has 39 heavy (non-hydrogen) atoms. The average molecular weight is 561 g/mol. The Morgan fingerprint density at radius 1 is 1.13 bits per heavy atom. The summed E-state index contributed by atoms with van der Waals surface area (Å²) in [5, 5.41) is 9.65. The number of ether oxygens (including phenoxy) is 1. The molecule has 2 aliphatic heterocycles. The minimum absolute atomic E-state index is 0.125. The van der Waals surface area contributed by atoms with E-state index >= 15 is 0 Å². The van der Waals surface area contributed by atoms with Crippen LogP contribution in [-0.4, -0.2) is 60.0 Å². The summed E-state index contributed by atoms with van der Waals surface area (Å²) in [6, 6.07) is 13.3. The summed E-state index contributed by atoms with van der Waals surface area (Å²) in [7, 11) is 0. The van der Waals surface area contributed by atoms with E-state index < -0.39 is 29.4 Å². The van der Waals surface area contributed by atoms with Crippen molar-refractivity contribution in [2.45, 2.75) is 43.9 Å². The van der Waals surface area contributed by atoms with E-state index in [1.54, 1.807) is 24.3 Å². The van der Waals surface area contributed by atoms with Crippen molar-refractivity contribution in [3.63, 3.8) is 0 Å². The Balaban J connectivity index is 1.30. The van der Waals surface area contributed by atoms with Gasteiger partial charge in [0.05, 0.1) is 17.7 Å². The van der Waals surface area contributed by atoms with Crippen LogP contribution in [0.1, 0.15) is 48.0 Å². The highest BCUT2D eigenvalue weighted by Crippen LogP contribution is 2.44. The van der Waals surface area contributed by atoms with Crippen molar-refractivity contribution in [3.05, 3.63) is 87.5 Å². The molecule has 3 aliphatic rings. The zero-order valence-corrected chi connectivity index (χ0v) is 22.1. The normalized spacial score (nSPS) is 21.8. The summed E-state index contributed by atoms with van der Waals surface area (Å²) in [6.07, 6.45) is -2.32. The lowest BCUT2D eigenvalue weighted by Crippen LogP contribution is -2.47. The topological polar surface area (TPSA) is 70.1 Å². The Morgan fingerprint density at radius 3 is 2.41 bits per heavy atom. The fraction of sp³-hybridized carbons (Fsp3) is 0.379. The largest absolute Gasteiger partial charge is 0.478 e. The van der Waals surface area contributed by atoms with Crippen LogP contribution in [0.5, 0.6) is 0 Å². The summed E-state index contributed by atoms with van der Waals surface area (Å²) in [6.45, 7) is 3.32. The summed E-state index contributed by atoms with van der Waals surface area (Å²) in [5.41, 5.74) is 1.16. The minimum Gasteiger partial charge on any atom is -0.478 e. The van der Waals surface area contributed by atoms with Gasteiger partial charge in [0.2, 0.25) is 0 Å². The molecule has 2 saturated heterocycles. The summed E-state index contributed by atoms with van der Waals surface area (Å²) in [5.74, 6) is -1.30. The fourth-order valence-corrected chi connectivity index (χ4v) is 6.01. The number of halogens is 4. The van der Waals surface area contributed by atoms with Crippen LogP contribution in [0.25, 0.3) is 0 Å². The maximum atomic E-state index is 13.8. The number of anilines is 1. The van der Waals surface area contributed by atoms with E-state index in [0.29, 0.717) is 60.9 Å². The van der Waals surface area contributed by atoms with Gasteiger partial charge in [-0.05, 0) is 60.9 Å².